The Hall–Kier alpha value is -2.47. The fourth-order valence-electron chi connectivity index (χ4n) is 7.67. The highest BCUT2D eigenvalue weighted by Crippen LogP contribution is 2.43. The topological polar surface area (TPSA) is 67.5 Å². The number of fused-ring (bicyclic) bond motifs is 2. The quantitative estimate of drug-likeness (QED) is 0.112. The van der Waals surface area contributed by atoms with Crippen LogP contribution >= 0.6 is 20.1 Å². The van der Waals surface area contributed by atoms with Gasteiger partial charge in [0.15, 0.2) is 0 Å². The van der Waals surface area contributed by atoms with E-state index in [1.807, 2.05) is 27.7 Å². The third-order valence-corrected chi connectivity index (χ3v) is 14.6. The summed E-state index contributed by atoms with van der Waals surface area (Å²) in [6, 6.07) is 7.48. The van der Waals surface area contributed by atoms with Gasteiger partial charge in [-0.3, -0.25) is 8.61 Å². The number of nitrogens with one attached hydrogen (secondary N) is 2. The Kier molecular flexibility index (Phi) is 14.1. The Bertz CT molecular complexity index is 1900. The second kappa shape index (κ2) is 18.0. The van der Waals surface area contributed by atoms with Crippen molar-refractivity contribution in [1.82, 2.24) is 18.6 Å². The maximum Gasteiger partial charge on any atom is 0.147 e. The fraction of sp³-hybridized carbons (Fsp3) is 0.537. The Morgan fingerprint density at radius 3 is 2.14 bits per heavy atom. The Morgan fingerprint density at radius 2 is 1.49 bits per heavy atom. The summed E-state index contributed by atoms with van der Waals surface area (Å²) in [4.78, 5) is 6.63. The van der Waals surface area contributed by atoms with E-state index in [1.54, 1.807) is 12.1 Å². The average molecular weight is 743 g/mol. The van der Waals surface area contributed by atoms with Crippen molar-refractivity contribution in [3.05, 3.63) is 58.2 Å². The molecule has 0 amide bonds. The molecular formula is C41H60F2N4O2S2. The van der Waals surface area contributed by atoms with Crippen molar-refractivity contribution in [2.75, 3.05) is 39.4 Å². The van der Waals surface area contributed by atoms with Crippen LogP contribution in [0.25, 0.3) is 21.8 Å². The number of ether oxygens (including phenoxy) is 1. The predicted molar refractivity (Wildman–Crippen MR) is 219 cm³/mol. The number of rotatable bonds is 10. The number of hydrogen-bond acceptors (Lipinski definition) is 4. The molecule has 0 spiro atoms. The van der Waals surface area contributed by atoms with E-state index in [2.05, 4.69) is 48.3 Å². The van der Waals surface area contributed by atoms with E-state index in [9.17, 15) is 8.78 Å². The first kappa shape index (κ1) is 39.7. The van der Waals surface area contributed by atoms with Gasteiger partial charge >= 0.3 is 0 Å². The molecule has 7 rings (SSSR count). The minimum absolute atomic E-state index is 0.0614. The van der Waals surface area contributed by atoms with Crippen LogP contribution in [0.2, 0.25) is 0 Å². The predicted octanol–water partition coefficient (Wildman–Crippen LogP) is 10.3. The van der Waals surface area contributed by atoms with Crippen molar-refractivity contribution < 1.29 is 18.6 Å². The van der Waals surface area contributed by atoms with Crippen molar-refractivity contribution in [1.29, 1.82) is 0 Å². The first-order valence-electron chi connectivity index (χ1n) is 19.0. The lowest BCUT2D eigenvalue weighted by Gasteiger charge is -2.25. The van der Waals surface area contributed by atoms with Gasteiger partial charge < -0.3 is 19.8 Å². The molecule has 282 valence electrons. The van der Waals surface area contributed by atoms with Gasteiger partial charge in [-0.15, -0.1) is 9.39 Å². The van der Waals surface area contributed by atoms with Gasteiger partial charge in [-0.1, -0.05) is 48.5 Å². The number of benzene rings is 2. The molecule has 0 bridgehead atoms. The molecule has 2 unspecified atom stereocenters. The maximum absolute atomic E-state index is 14.7. The van der Waals surface area contributed by atoms with E-state index >= 15 is 0 Å². The van der Waals surface area contributed by atoms with Crippen LogP contribution < -0.4 is 0 Å². The van der Waals surface area contributed by atoms with Crippen LogP contribution in [0.4, 0.5) is 8.78 Å². The normalized spacial score (nSPS) is 19.2. The van der Waals surface area contributed by atoms with Crippen molar-refractivity contribution >= 4 is 59.5 Å². The summed E-state index contributed by atoms with van der Waals surface area (Å²) in [6.07, 6.45) is 11.9. The molecule has 3 aliphatic heterocycles. The van der Waals surface area contributed by atoms with Crippen molar-refractivity contribution in [2.45, 2.75) is 114 Å². The summed E-state index contributed by atoms with van der Waals surface area (Å²) in [6.45, 7) is 13.2. The van der Waals surface area contributed by atoms with Crippen molar-refractivity contribution in [2.24, 2.45) is 0 Å². The van der Waals surface area contributed by atoms with E-state index in [1.165, 1.54) is 31.2 Å². The Labute approximate surface area is 307 Å². The average Bonchev–Trinajstić information content (AvgIpc) is 3.96. The molecule has 2 atom stereocenters. The number of unbranched alkanes of at least 4 members (excludes halogenated alkanes) is 2. The zero-order valence-corrected chi connectivity index (χ0v) is 33.0. The second-order valence-electron chi connectivity index (χ2n) is 14.0. The molecule has 3 aliphatic rings. The molecule has 6 nitrogen and oxygen atoms in total. The van der Waals surface area contributed by atoms with E-state index in [0.29, 0.717) is 11.0 Å². The fourth-order valence-corrected chi connectivity index (χ4v) is 11.0. The second-order valence-corrected chi connectivity index (χ2v) is 18.3. The van der Waals surface area contributed by atoms with Crippen LogP contribution in [0.1, 0.15) is 106 Å². The lowest BCUT2D eigenvalue weighted by molar-refractivity contribution is 0.0155. The van der Waals surface area contributed by atoms with Gasteiger partial charge in [0.1, 0.15) is 11.6 Å². The first-order chi connectivity index (χ1) is 24.6. The minimum Gasteiger partial charge on any atom is -0.396 e. The standard InChI is InChI=1S/C20H27FN2OS.C19H27FN2OS.C2H6/c1-14-12-16(21)20-15(19(14)17-8-4-7-11-24-17)13-18(22-20)25(2,3)23-9-5-6-10-23;1-14-12-17(20)19-16(15(14)8-4-3-7-11-23)13-18(21-19)24(2)22-9-5-6-10-22;1-2/h12-13,17,22H,2-11H2,1H3;12-13,21,23H,2-11H2,1H3;1-2H3. The lowest BCUT2D eigenvalue weighted by atomic mass is 9.94. The monoisotopic (exact) mass is 742 g/mol. The molecule has 2 aromatic carbocycles. The Morgan fingerprint density at radius 1 is 0.843 bits per heavy atom. The van der Waals surface area contributed by atoms with Crippen LogP contribution in [0.3, 0.4) is 0 Å². The van der Waals surface area contributed by atoms with E-state index < -0.39 is 9.39 Å². The van der Waals surface area contributed by atoms with E-state index in [-0.39, 0.29) is 35.0 Å². The third-order valence-electron chi connectivity index (χ3n) is 10.5. The van der Waals surface area contributed by atoms with Crippen molar-refractivity contribution in [3.63, 3.8) is 0 Å². The van der Waals surface area contributed by atoms with E-state index in [4.69, 9.17) is 9.84 Å². The Balaban J connectivity index is 0.000000189. The summed E-state index contributed by atoms with van der Waals surface area (Å²) in [7, 11) is -1.85. The highest BCUT2D eigenvalue weighted by atomic mass is 32.2. The molecule has 3 N–H and O–H groups in total. The molecule has 10 heteroatoms. The number of aromatic amines is 2. The van der Waals surface area contributed by atoms with Crippen LogP contribution in [0.15, 0.2) is 34.3 Å². The van der Waals surface area contributed by atoms with E-state index in [0.717, 1.165) is 115 Å². The highest BCUT2D eigenvalue weighted by Gasteiger charge is 2.26. The van der Waals surface area contributed by atoms with Crippen LogP contribution in [0.5, 0.6) is 0 Å². The first-order valence-corrected chi connectivity index (χ1v) is 22.3. The summed E-state index contributed by atoms with van der Waals surface area (Å²) in [5.74, 6) is 12.8. The molecule has 5 heterocycles. The summed E-state index contributed by atoms with van der Waals surface area (Å²) in [5, 5.41) is 12.9. The van der Waals surface area contributed by atoms with Crippen LogP contribution in [-0.4, -0.2) is 80.7 Å². The number of aromatic nitrogens is 2. The van der Waals surface area contributed by atoms with Gasteiger partial charge in [0.05, 0.1) is 27.2 Å². The molecule has 0 aliphatic carbocycles. The van der Waals surface area contributed by atoms with Gasteiger partial charge in [0, 0.05) is 50.2 Å². The van der Waals surface area contributed by atoms with Gasteiger partial charge in [-0.2, -0.15) is 0 Å². The largest absolute Gasteiger partial charge is 0.396 e. The number of H-pyrrole nitrogens is 2. The SMILES string of the molecule is C=S(=C)(c1cc2c(C3CCCCO3)c(C)cc(F)c2[nH]1)N1CCCC1.C=S(c1cc2c(CCCCCO)c(C)cc(F)c2[nH]1)N1CCCC1.CC. The maximum atomic E-state index is 14.7. The number of aryl methyl sites for hydroxylation is 3. The molecule has 0 radical (unpaired) electrons. The molecule has 3 fully saturated rings. The molecule has 0 saturated carbocycles. The summed E-state index contributed by atoms with van der Waals surface area (Å²) >= 11 is 0. The summed E-state index contributed by atoms with van der Waals surface area (Å²) in [5.41, 5.74) is 5.54. The van der Waals surface area contributed by atoms with Gasteiger partial charge in [0.2, 0.25) is 0 Å². The smallest absolute Gasteiger partial charge is 0.147 e. The third kappa shape index (κ3) is 8.85. The highest BCUT2D eigenvalue weighted by molar-refractivity contribution is 8.25. The number of halogens is 2. The molecule has 51 heavy (non-hydrogen) atoms. The molecular weight excluding hydrogens is 683 g/mol. The van der Waals surface area contributed by atoms with Gasteiger partial charge in [-0.05, 0) is 125 Å². The minimum atomic E-state index is -1.61. The molecule has 2 aromatic heterocycles. The number of aliphatic hydroxyl groups excluding tert-OH is 1. The number of nitrogens with zero attached hydrogens (tertiary/aromatic N) is 2. The summed E-state index contributed by atoms with van der Waals surface area (Å²) < 4.78 is 39.8. The van der Waals surface area contributed by atoms with Crippen LogP contribution in [0, 0.1) is 25.5 Å². The van der Waals surface area contributed by atoms with Gasteiger partial charge in [0.25, 0.3) is 0 Å². The lowest BCUT2D eigenvalue weighted by Crippen LogP contribution is -2.15. The molecule has 3 saturated heterocycles. The number of hydrogen-bond donors (Lipinski definition) is 3. The van der Waals surface area contributed by atoms with Gasteiger partial charge in [-0.25, -0.2) is 8.78 Å². The zero-order valence-electron chi connectivity index (χ0n) is 31.4. The van der Waals surface area contributed by atoms with Crippen molar-refractivity contribution in [3.8, 4) is 0 Å². The van der Waals surface area contributed by atoms with Crippen LogP contribution in [-0.2, 0) is 11.2 Å². The number of aliphatic hydroxyl groups is 1. The zero-order chi connectivity index (χ0) is 36.7. The molecule has 4 aromatic rings.